The van der Waals surface area contributed by atoms with Crippen molar-refractivity contribution in [3.63, 3.8) is 0 Å². The number of aliphatic hydroxyl groups is 1. The lowest BCUT2D eigenvalue weighted by Crippen LogP contribution is -2.46. The molecule has 0 bridgehead atoms. The topological polar surface area (TPSA) is 96.8 Å². The number of carbonyl (C=O) groups excluding carboxylic acids is 2. The second-order valence-electron chi connectivity index (χ2n) is 5.96. The van der Waals surface area contributed by atoms with Crippen molar-refractivity contribution in [1.82, 2.24) is 4.90 Å². The van der Waals surface area contributed by atoms with E-state index in [1.54, 1.807) is 6.07 Å². The number of rotatable bonds is 2. The molecule has 0 saturated carbocycles. The number of primary amides is 1. The van der Waals surface area contributed by atoms with E-state index >= 15 is 0 Å². The normalized spacial score (nSPS) is 21.5. The predicted octanol–water partition coefficient (Wildman–Crippen LogP) is 1.11. The predicted molar refractivity (Wildman–Crippen MR) is 80.4 cm³/mol. The van der Waals surface area contributed by atoms with Gasteiger partial charge in [-0.3, -0.25) is 9.59 Å². The van der Waals surface area contributed by atoms with E-state index in [4.69, 9.17) is 10.2 Å². The maximum absolute atomic E-state index is 12.5. The Balaban J connectivity index is 1.89. The third kappa shape index (κ3) is 2.25. The first-order chi connectivity index (χ1) is 10.3. The van der Waals surface area contributed by atoms with E-state index in [2.05, 4.69) is 0 Å². The summed E-state index contributed by atoms with van der Waals surface area (Å²) in [6, 6.07) is 5.55. The molecule has 1 aromatic heterocycles. The molecule has 2 aromatic rings. The summed E-state index contributed by atoms with van der Waals surface area (Å²) in [5.74, 6) is -0.948. The number of β-amino-alcohol motifs (C(OH)–C–C–N with tert-alkyl or cyclic N) is 1. The van der Waals surface area contributed by atoms with E-state index in [-0.39, 0.29) is 31.2 Å². The molecule has 22 heavy (non-hydrogen) atoms. The van der Waals surface area contributed by atoms with Gasteiger partial charge in [0.25, 0.3) is 11.8 Å². The van der Waals surface area contributed by atoms with Crippen LogP contribution in [0, 0.1) is 13.8 Å². The summed E-state index contributed by atoms with van der Waals surface area (Å²) >= 11 is 0. The zero-order valence-corrected chi connectivity index (χ0v) is 12.5. The third-order valence-corrected chi connectivity index (χ3v) is 4.34. The molecule has 1 atom stereocenters. The second-order valence-corrected chi connectivity index (χ2v) is 5.96. The Morgan fingerprint density at radius 3 is 2.59 bits per heavy atom. The Hall–Kier alpha value is -2.34. The average Bonchev–Trinajstić information content (AvgIpc) is 3.03. The smallest absolute Gasteiger partial charge is 0.289 e. The summed E-state index contributed by atoms with van der Waals surface area (Å²) in [6.45, 7) is 4.15. The van der Waals surface area contributed by atoms with Crippen LogP contribution in [0.2, 0.25) is 0 Å². The third-order valence-electron chi connectivity index (χ3n) is 4.34. The van der Waals surface area contributed by atoms with Crippen LogP contribution in [0.25, 0.3) is 11.0 Å². The fraction of sp³-hybridized carbons (Fsp3) is 0.375. The molecular formula is C16H18N2O4. The van der Waals surface area contributed by atoms with Gasteiger partial charge < -0.3 is 20.2 Å². The molecule has 116 valence electrons. The Bertz CT molecular complexity index is 741. The molecule has 1 aliphatic rings. The molecule has 1 aliphatic heterocycles. The van der Waals surface area contributed by atoms with Gasteiger partial charge in [0.1, 0.15) is 5.58 Å². The summed E-state index contributed by atoms with van der Waals surface area (Å²) < 4.78 is 5.62. The number of fused-ring (bicyclic) bond motifs is 1. The van der Waals surface area contributed by atoms with Crippen molar-refractivity contribution < 1.29 is 19.1 Å². The van der Waals surface area contributed by atoms with Crippen molar-refractivity contribution >= 4 is 22.8 Å². The summed E-state index contributed by atoms with van der Waals surface area (Å²) in [5.41, 5.74) is 6.39. The van der Waals surface area contributed by atoms with Crippen molar-refractivity contribution in [2.75, 3.05) is 13.1 Å². The van der Waals surface area contributed by atoms with Crippen LogP contribution in [-0.4, -0.2) is 40.5 Å². The molecule has 1 saturated heterocycles. The highest BCUT2D eigenvalue weighted by atomic mass is 16.3. The van der Waals surface area contributed by atoms with Gasteiger partial charge in [0, 0.05) is 18.4 Å². The number of amides is 2. The molecule has 1 aromatic carbocycles. The Kier molecular flexibility index (Phi) is 3.21. The standard InChI is InChI=1S/C16H18N2O4/c1-9-5-11-7-13(22-12(11)6-10(9)2)14(19)18-4-3-16(21,8-18)15(17)20/h5-7,21H,3-4,8H2,1-2H3,(H2,17,20). The molecule has 6 nitrogen and oxygen atoms in total. The molecule has 6 heteroatoms. The largest absolute Gasteiger partial charge is 0.451 e. The maximum Gasteiger partial charge on any atom is 0.289 e. The van der Waals surface area contributed by atoms with Gasteiger partial charge in [-0.2, -0.15) is 0 Å². The fourth-order valence-corrected chi connectivity index (χ4v) is 2.73. The first-order valence-corrected chi connectivity index (χ1v) is 7.12. The van der Waals surface area contributed by atoms with E-state index < -0.39 is 11.5 Å². The molecule has 0 radical (unpaired) electrons. The second kappa shape index (κ2) is 4.84. The lowest BCUT2D eigenvalue weighted by atomic mass is 10.0. The summed E-state index contributed by atoms with van der Waals surface area (Å²) in [4.78, 5) is 25.1. The first kappa shape index (κ1) is 14.6. The lowest BCUT2D eigenvalue weighted by Gasteiger charge is -2.19. The number of hydrogen-bond donors (Lipinski definition) is 2. The van der Waals surface area contributed by atoms with Crippen LogP contribution in [0.15, 0.2) is 22.6 Å². The highest BCUT2D eigenvalue weighted by Gasteiger charge is 2.43. The number of hydrogen-bond acceptors (Lipinski definition) is 4. The van der Waals surface area contributed by atoms with Crippen LogP contribution in [-0.2, 0) is 4.79 Å². The Morgan fingerprint density at radius 1 is 1.27 bits per heavy atom. The summed E-state index contributed by atoms with van der Waals surface area (Å²) in [7, 11) is 0. The molecule has 3 rings (SSSR count). The molecule has 1 unspecified atom stereocenters. The van der Waals surface area contributed by atoms with Gasteiger partial charge in [0.2, 0.25) is 0 Å². The first-order valence-electron chi connectivity index (χ1n) is 7.12. The van der Waals surface area contributed by atoms with E-state index in [9.17, 15) is 14.7 Å². The van der Waals surface area contributed by atoms with E-state index in [0.717, 1.165) is 16.5 Å². The van der Waals surface area contributed by atoms with Gasteiger partial charge in [0.15, 0.2) is 11.4 Å². The highest BCUT2D eigenvalue weighted by molar-refractivity contribution is 5.97. The van der Waals surface area contributed by atoms with E-state index in [1.807, 2.05) is 26.0 Å². The molecule has 2 amide bonds. The monoisotopic (exact) mass is 302 g/mol. The molecule has 3 N–H and O–H groups in total. The molecule has 2 heterocycles. The Morgan fingerprint density at radius 2 is 1.95 bits per heavy atom. The number of aryl methyl sites for hydroxylation is 2. The van der Waals surface area contributed by atoms with Crippen molar-refractivity contribution in [3.8, 4) is 0 Å². The van der Waals surface area contributed by atoms with Crippen LogP contribution >= 0.6 is 0 Å². The number of furan rings is 1. The van der Waals surface area contributed by atoms with Gasteiger partial charge in [-0.15, -0.1) is 0 Å². The number of nitrogens with zero attached hydrogens (tertiary/aromatic N) is 1. The number of benzene rings is 1. The quantitative estimate of drug-likeness (QED) is 0.868. The van der Waals surface area contributed by atoms with Gasteiger partial charge in [-0.25, -0.2) is 0 Å². The SMILES string of the molecule is Cc1cc2cc(C(=O)N3CCC(O)(C(N)=O)C3)oc2cc1C. The van der Waals surface area contributed by atoms with Crippen molar-refractivity contribution in [3.05, 3.63) is 35.1 Å². The maximum atomic E-state index is 12.5. The number of likely N-dealkylation sites (tertiary alicyclic amines) is 1. The number of carbonyl (C=O) groups is 2. The van der Waals surface area contributed by atoms with Crippen LogP contribution in [0.4, 0.5) is 0 Å². The highest BCUT2D eigenvalue weighted by Crippen LogP contribution is 2.27. The lowest BCUT2D eigenvalue weighted by molar-refractivity contribution is -0.134. The Labute approximate surface area is 127 Å². The van der Waals surface area contributed by atoms with Crippen molar-refractivity contribution in [1.29, 1.82) is 0 Å². The average molecular weight is 302 g/mol. The van der Waals surface area contributed by atoms with Gasteiger partial charge in [-0.1, -0.05) is 0 Å². The molecule has 0 spiro atoms. The summed E-state index contributed by atoms with van der Waals surface area (Å²) in [5, 5.41) is 10.9. The summed E-state index contributed by atoms with van der Waals surface area (Å²) in [6.07, 6.45) is 0.145. The van der Waals surface area contributed by atoms with Crippen molar-refractivity contribution in [2.24, 2.45) is 5.73 Å². The van der Waals surface area contributed by atoms with E-state index in [1.165, 1.54) is 4.90 Å². The molecular weight excluding hydrogens is 284 g/mol. The zero-order valence-electron chi connectivity index (χ0n) is 12.5. The van der Waals surface area contributed by atoms with Gasteiger partial charge in [0.05, 0.1) is 6.54 Å². The number of nitrogens with two attached hydrogens (primary N) is 1. The van der Waals surface area contributed by atoms with E-state index in [0.29, 0.717) is 5.58 Å². The van der Waals surface area contributed by atoms with Crippen LogP contribution in [0.3, 0.4) is 0 Å². The minimum Gasteiger partial charge on any atom is -0.451 e. The van der Waals surface area contributed by atoms with Gasteiger partial charge in [-0.05, 0) is 43.2 Å². The molecule has 0 aliphatic carbocycles. The van der Waals surface area contributed by atoms with Gasteiger partial charge >= 0.3 is 0 Å². The minimum absolute atomic E-state index is 0.101. The zero-order chi connectivity index (χ0) is 16.1. The molecule has 1 fully saturated rings. The van der Waals surface area contributed by atoms with Crippen molar-refractivity contribution in [2.45, 2.75) is 25.9 Å². The minimum atomic E-state index is -1.64. The van der Waals surface area contributed by atoms with Crippen LogP contribution < -0.4 is 5.73 Å². The van der Waals surface area contributed by atoms with Crippen LogP contribution in [0.5, 0.6) is 0 Å². The van der Waals surface area contributed by atoms with Crippen LogP contribution in [0.1, 0.15) is 28.1 Å². The fourth-order valence-electron chi connectivity index (χ4n) is 2.73.